The van der Waals surface area contributed by atoms with E-state index >= 15 is 0 Å². The van der Waals surface area contributed by atoms with Gasteiger partial charge in [0.2, 0.25) is 5.91 Å². The second-order valence-electron chi connectivity index (χ2n) is 3.33. The van der Waals surface area contributed by atoms with Gasteiger partial charge in [-0.05, 0) is 18.8 Å². The van der Waals surface area contributed by atoms with Crippen molar-refractivity contribution in [2.45, 2.75) is 38.1 Å². The number of carbonyl (C=O) groups is 1. The molecule has 0 bridgehead atoms. The summed E-state index contributed by atoms with van der Waals surface area (Å²) in [4.78, 5) is 10.7. The zero-order chi connectivity index (χ0) is 8.27. The van der Waals surface area contributed by atoms with Crippen molar-refractivity contribution in [3.8, 4) is 0 Å². The molecular formula is C8H17ClN2O. The van der Waals surface area contributed by atoms with Gasteiger partial charge in [0.15, 0.2) is 0 Å². The van der Waals surface area contributed by atoms with E-state index < -0.39 is 6.04 Å². The Labute approximate surface area is 79.3 Å². The van der Waals surface area contributed by atoms with Crippen molar-refractivity contribution in [1.29, 1.82) is 0 Å². The van der Waals surface area contributed by atoms with Crippen LogP contribution in [0, 0.1) is 5.92 Å². The van der Waals surface area contributed by atoms with Crippen molar-refractivity contribution < 1.29 is 4.79 Å². The molecule has 4 heteroatoms. The van der Waals surface area contributed by atoms with Gasteiger partial charge in [0.05, 0.1) is 6.04 Å². The fraction of sp³-hybridized carbons (Fsp3) is 0.875. The van der Waals surface area contributed by atoms with Crippen LogP contribution in [-0.4, -0.2) is 11.9 Å². The van der Waals surface area contributed by atoms with Crippen LogP contribution >= 0.6 is 12.4 Å². The molecule has 0 radical (unpaired) electrons. The van der Waals surface area contributed by atoms with E-state index in [0.29, 0.717) is 5.92 Å². The molecule has 0 heterocycles. The summed E-state index contributed by atoms with van der Waals surface area (Å²) in [5.41, 5.74) is 10.7. The molecule has 0 aromatic carbocycles. The third-order valence-corrected chi connectivity index (χ3v) is 2.49. The Morgan fingerprint density at radius 3 is 2.17 bits per heavy atom. The lowest BCUT2D eigenvalue weighted by Crippen LogP contribution is -2.43. The van der Waals surface area contributed by atoms with E-state index in [1.165, 1.54) is 19.3 Å². The van der Waals surface area contributed by atoms with Crippen LogP contribution in [-0.2, 0) is 4.79 Å². The number of hydrogen-bond acceptors (Lipinski definition) is 2. The molecule has 3 nitrogen and oxygen atoms in total. The Hall–Kier alpha value is -0.280. The first kappa shape index (κ1) is 11.7. The highest BCUT2D eigenvalue weighted by atomic mass is 35.5. The molecule has 1 aliphatic carbocycles. The zero-order valence-electron chi connectivity index (χ0n) is 7.16. The van der Waals surface area contributed by atoms with Crippen LogP contribution in [0.2, 0.25) is 0 Å². The van der Waals surface area contributed by atoms with E-state index in [4.69, 9.17) is 11.5 Å². The molecule has 0 spiro atoms. The highest BCUT2D eigenvalue weighted by Crippen LogP contribution is 2.25. The normalized spacial score (nSPS) is 21.1. The monoisotopic (exact) mass is 192 g/mol. The summed E-state index contributed by atoms with van der Waals surface area (Å²) in [6, 6.07) is -0.407. The minimum absolute atomic E-state index is 0. The number of primary amides is 1. The van der Waals surface area contributed by atoms with Gasteiger partial charge in [-0.15, -0.1) is 12.4 Å². The molecule has 72 valence electrons. The van der Waals surface area contributed by atoms with Crippen molar-refractivity contribution in [3.63, 3.8) is 0 Å². The van der Waals surface area contributed by atoms with Gasteiger partial charge in [0.25, 0.3) is 0 Å². The maximum atomic E-state index is 10.7. The standard InChI is InChI=1S/C8H16N2O.ClH/c9-7(8(10)11)6-4-2-1-3-5-6;/h6-7H,1-5,9H2,(H2,10,11);1H/t7-;/m1./s1. The van der Waals surface area contributed by atoms with Gasteiger partial charge in [-0.25, -0.2) is 0 Å². The van der Waals surface area contributed by atoms with Gasteiger partial charge in [0.1, 0.15) is 0 Å². The van der Waals surface area contributed by atoms with Gasteiger partial charge in [-0.1, -0.05) is 19.3 Å². The predicted octanol–water partition coefficient (Wildman–Crippen LogP) is 0.801. The molecule has 0 unspecified atom stereocenters. The molecule has 0 aliphatic heterocycles. The van der Waals surface area contributed by atoms with Crippen molar-refractivity contribution in [1.82, 2.24) is 0 Å². The summed E-state index contributed by atoms with van der Waals surface area (Å²) in [5.74, 6) is -0.00171. The van der Waals surface area contributed by atoms with E-state index in [9.17, 15) is 4.79 Å². The number of halogens is 1. The smallest absolute Gasteiger partial charge is 0.234 e. The molecule has 0 saturated heterocycles. The van der Waals surface area contributed by atoms with Gasteiger partial charge in [0, 0.05) is 0 Å². The molecular weight excluding hydrogens is 176 g/mol. The number of amides is 1. The summed E-state index contributed by atoms with van der Waals surface area (Å²) < 4.78 is 0. The van der Waals surface area contributed by atoms with Gasteiger partial charge >= 0.3 is 0 Å². The van der Waals surface area contributed by atoms with E-state index in [1.807, 2.05) is 0 Å². The number of rotatable bonds is 2. The fourth-order valence-corrected chi connectivity index (χ4v) is 1.73. The second-order valence-corrected chi connectivity index (χ2v) is 3.33. The highest BCUT2D eigenvalue weighted by Gasteiger charge is 2.23. The number of carbonyl (C=O) groups excluding carboxylic acids is 1. The van der Waals surface area contributed by atoms with Gasteiger partial charge in [-0.2, -0.15) is 0 Å². The van der Waals surface area contributed by atoms with Crippen molar-refractivity contribution in [2.24, 2.45) is 17.4 Å². The second kappa shape index (κ2) is 5.38. The molecule has 0 aromatic heterocycles. The maximum absolute atomic E-state index is 10.7. The molecule has 12 heavy (non-hydrogen) atoms. The Morgan fingerprint density at radius 1 is 1.25 bits per heavy atom. The Morgan fingerprint density at radius 2 is 1.75 bits per heavy atom. The summed E-state index contributed by atoms with van der Waals surface area (Å²) in [6.07, 6.45) is 5.83. The van der Waals surface area contributed by atoms with Crippen LogP contribution in [0.3, 0.4) is 0 Å². The fourth-order valence-electron chi connectivity index (χ4n) is 1.73. The number of hydrogen-bond donors (Lipinski definition) is 2. The molecule has 1 rings (SSSR count). The van der Waals surface area contributed by atoms with Crippen LogP contribution in [0.25, 0.3) is 0 Å². The quantitative estimate of drug-likeness (QED) is 0.680. The molecule has 1 amide bonds. The first-order valence-corrected chi connectivity index (χ1v) is 4.26. The molecule has 4 N–H and O–H groups in total. The summed E-state index contributed by atoms with van der Waals surface area (Å²) in [6.45, 7) is 0. The van der Waals surface area contributed by atoms with E-state index in [-0.39, 0.29) is 18.3 Å². The predicted molar refractivity (Wildman–Crippen MR) is 51.0 cm³/mol. The van der Waals surface area contributed by atoms with Crippen molar-refractivity contribution in [3.05, 3.63) is 0 Å². The summed E-state index contributed by atoms with van der Waals surface area (Å²) in [7, 11) is 0. The summed E-state index contributed by atoms with van der Waals surface area (Å²) >= 11 is 0. The SMILES string of the molecule is Cl.NC(=O)[C@H](N)C1CCCCC1. The molecule has 0 aromatic rings. The van der Waals surface area contributed by atoms with E-state index in [1.54, 1.807) is 0 Å². The van der Waals surface area contributed by atoms with Gasteiger partial charge < -0.3 is 11.5 Å². The Kier molecular flexibility index (Phi) is 5.25. The largest absolute Gasteiger partial charge is 0.368 e. The molecule has 1 saturated carbocycles. The average molecular weight is 193 g/mol. The topological polar surface area (TPSA) is 69.1 Å². The zero-order valence-corrected chi connectivity index (χ0v) is 7.98. The first-order valence-electron chi connectivity index (χ1n) is 4.26. The van der Waals surface area contributed by atoms with Crippen molar-refractivity contribution in [2.75, 3.05) is 0 Å². The summed E-state index contributed by atoms with van der Waals surface area (Å²) in [5, 5.41) is 0. The lowest BCUT2D eigenvalue weighted by Gasteiger charge is -2.24. The average Bonchev–Trinajstić information content (AvgIpc) is 2.05. The van der Waals surface area contributed by atoms with E-state index in [0.717, 1.165) is 12.8 Å². The maximum Gasteiger partial charge on any atom is 0.234 e. The number of nitrogens with two attached hydrogens (primary N) is 2. The van der Waals surface area contributed by atoms with Crippen LogP contribution in [0.15, 0.2) is 0 Å². The van der Waals surface area contributed by atoms with Crippen LogP contribution in [0.1, 0.15) is 32.1 Å². The minimum atomic E-state index is -0.407. The van der Waals surface area contributed by atoms with Crippen LogP contribution < -0.4 is 11.5 Å². The third-order valence-electron chi connectivity index (χ3n) is 2.49. The molecule has 1 aliphatic rings. The minimum Gasteiger partial charge on any atom is -0.368 e. The van der Waals surface area contributed by atoms with Crippen molar-refractivity contribution >= 4 is 18.3 Å². The Balaban J connectivity index is 0.00000121. The Bertz CT molecular complexity index is 146. The van der Waals surface area contributed by atoms with Crippen LogP contribution in [0.5, 0.6) is 0 Å². The van der Waals surface area contributed by atoms with Gasteiger partial charge in [-0.3, -0.25) is 4.79 Å². The lowest BCUT2D eigenvalue weighted by atomic mass is 9.84. The third kappa shape index (κ3) is 2.99. The molecule has 1 atom stereocenters. The van der Waals surface area contributed by atoms with E-state index in [2.05, 4.69) is 0 Å². The lowest BCUT2D eigenvalue weighted by molar-refractivity contribution is -0.120. The first-order chi connectivity index (χ1) is 5.22. The molecule has 1 fully saturated rings. The van der Waals surface area contributed by atoms with Crippen LogP contribution in [0.4, 0.5) is 0 Å². The highest BCUT2D eigenvalue weighted by molar-refractivity contribution is 5.85.